The summed E-state index contributed by atoms with van der Waals surface area (Å²) in [5.74, 6) is 0. The van der Waals surface area contributed by atoms with E-state index >= 15 is 0 Å². The first-order valence-corrected chi connectivity index (χ1v) is 4.76. The Labute approximate surface area is 91.0 Å². The smallest absolute Gasteiger partial charge is 0.320 e. The molecule has 0 aliphatic rings. The number of halogens is 4. The van der Waals surface area contributed by atoms with E-state index in [9.17, 15) is 13.2 Å². The summed E-state index contributed by atoms with van der Waals surface area (Å²) in [6.45, 7) is 1.71. The Balaban J connectivity index is 2.90. The van der Waals surface area contributed by atoms with Gasteiger partial charge >= 0.3 is 6.18 Å². The number of aryl methyl sites for hydroxylation is 1. The molecule has 0 aliphatic carbocycles. The number of hydrogen-bond donors (Lipinski definition) is 1. The first-order valence-electron chi connectivity index (χ1n) is 4.38. The van der Waals surface area contributed by atoms with Gasteiger partial charge in [-0.3, -0.25) is 0 Å². The molecular formula is C10H11ClF3N. The predicted molar refractivity (Wildman–Crippen MR) is 53.9 cm³/mol. The maximum absolute atomic E-state index is 12.2. The van der Waals surface area contributed by atoms with Gasteiger partial charge < -0.3 is 5.73 Å². The second-order valence-corrected chi connectivity index (χ2v) is 3.79. The monoisotopic (exact) mass is 237 g/mol. The second-order valence-electron chi connectivity index (χ2n) is 3.39. The number of alkyl halides is 3. The van der Waals surface area contributed by atoms with E-state index in [-0.39, 0.29) is 6.42 Å². The number of benzene rings is 1. The van der Waals surface area contributed by atoms with Gasteiger partial charge in [0, 0.05) is 5.02 Å². The Hall–Kier alpha value is -0.740. The van der Waals surface area contributed by atoms with Gasteiger partial charge in [0.1, 0.15) is 6.04 Å². The van der Waals surface area contributed by atoms with Crippen LogP contribution < -0.4 is 5.73 Å². The maximum atomic E-state index is 12.2. The van der Waals surface area contributed by atoms with Crippen molar-refractivity contribution in [3.8, 4) is 0 Å². The first-order chi connectivity index (χ1) is 6.82. The zero-order valence-corrected chi connectivity index (χ0v) is 8.86. The minimum atomic E-state index is -4.38. The maximum Gasteiger partial charge on any atom is 0.403 e. The predicted octanol–water partition coefficient (Wildman–Crippen LogP) is 3.08. The molecule has 5 heteroatoms. The van der Waals surface area contributed by atoms with Crippen molar-refractivity contribution in [3.05, 3.63) is 34.3 Å². The van der Waals surface area contributed by atoms with Gasteiger partial charge in [-0.05, 0) is 30.5 Å². The highest BCUT2D eigenvalue weighted by Gasteiger charge is 2.37. The van der Waals surface area contributed by atoms with E-state index in [2.05, 4.69) is 0 Å². The molecule has 0 radical (unpaired) electrons. The van der Waals surface area contributed by atoms with Crippen molar-refractivity contribution in [2.24, 2.45) is 5.73 Å². The molecule has 0 aromatic heterocycles. The lowest BCUT2D eigenvalue weighted by molar-refractivity contribution is -0.147. The fourth-order valence-corrected chi connectivity index (χ4v) is 1.56. The van der Waals surface area contributed by atoms with Gasteiger partial charge in [-0.2, -0.15) is 13.2 Å². The molecule has 1 rings (SSSR count). The SMILES string of the molecule is Cc1cccc(Cl)c1CC(N)C(F)(F)F. The fourth-order valence-electron chi connectivity index (χ4n) is 1.26. The number of rotatable bonds is 2. The molecule has 1 aromatic rings. The molecule has 1 nitrogen and oxygen atoms in total. The van der Waals surface area contributed by atoms with E-state index < -0.39 is 12.2 Å². The summed E-state index contributed by atoms with van der Waals surface area (Å²) in [5, 5.41) is 0.328. The van der Waals surface area contributed by atoms with Crippen LogP contribution in [0.2, 0.25) is 5.02 Å². The quantitative estimate of drug-likeness (QED) is 0.841. The van der Waals surface area contributed by atoms with Crippen LogP contribution in [-0.2, 0) is 6.42 Å². The molecule has 1 aromatic carbocycles. The van der Waals surface area contributed by atoms with Crippen LogP contribution in [0.25, 0.3) is 0 Å². The van der Waals surface area contributed by atoms with E-state index in [0.29, 0.717) is 10.6 Å². The molecule has 0 spiro atoms. The van der Waals surface area contributed by atoms with Gasteiger partial charge in [0.2, 0.25) is 0 Å². The summed E-state index contributed by atoms with van der Waals surface area (Å²) < 4.78 is 36.7. The Bertz CT molecular complexity index is 329. The molecule has 15 heavy (non-hydrogen) atoms. The molecule has 0 saturated carbocycles. The molecule has 0 bridgehead atoms. The molecule has 0 aliphatic heterocycles. The van der Waals surface area contributed by atoms with Gasteiger partial charge in [0.05, 0.1) is 0 Å². The van der Waals surface area contributed by atoms with Crippen LogP contribution in [0.1, 0.15) is 11.1 Å². The van der Waals surface area contributed by atoms with Gasteiger partial charge in [-0.15, -0.1) is 0 Å². The molecule has 0 amide bonds. The topological polar surface area (TPSA) is 26.0 Å². The molecule has 2 N–H and O–H groups in total. The van der Waals surface area contributed by atoms with Crippen molar-refractivity contribution in [2.45, 2.75) is 25.6 Å². The summed E-state index contributed by atoms with van der Waals surface area (Å²) in [6, 6.07) is 3.11. The van der Waals surface area contributed by atoms with Crippen molar-refractivity contribution in [2.75, 3.05) is 0 Å². The molecule has 0 saturated heterocycles. The van der Waals surface area contributed by atoms with Gasteiger partial charge in [0.25, 0.3) is 0 Å². The Morgan fingerprint density at radius 2 is 2.00 bits per heavy atom. The summed E-state index contributed by atoms with van der Waals surface area (Å²) >= 11 is 5.80. The summed E-state index contributed by atoms with van der Waals surface area (Å²) in [7, 11) is 0. The zero-order chi connectivity index (χ0) is 11.6. The Morgan fingerprint density at radius 1 is 1.40 bits per heavy atom. The van der Waals surface area contributed by atoms with Crippen LogP contribution in [0.5, 0.6) is 0 Å². The highest BCUT2D eigenvalue weighted by molar-refractivity contribution is 6.31. The van der Waals surface area contributed by atoms with Crippen LogP contribution in [0.15, 0.2) is 18.2 Å². The van der Waals surface area contributed by atoms with Gasteiger partial charge in [0.15, 0.2) is 0 Å². The highest BCUT2D eigenvalue weighted by atomic mass is 35.5. The zero-order valence-electron chi connectivity index (χ0n) is 8.11. The van der Waals surface area contributed by atoms with Crippen molar-refractivity contribution in [1.82, 2.24) is 0 Å². The standard InChI is InChI=1S/C10H11ClF3N/c1-6-3-2-4-8(11)7(6)5-9(15)10(12,13)14/h2-4,9H,5,15H2,1H3. The van der Waals surface area contributed by atoms with Gasteiger partial charge in [-0.25, -0.2) is 0 Å². The molecule has 1 atom stereocenters. The largest absolute Gasteiger partial charge is 0.403 e. The lowest BCUT2D eigenvalue weighted by Gasteiger charge is -2.17. The van der Waals surface area contributed by atoms with Crippen LogP contribution in [0.4, 0.5) is 13.2 Å². The molecule has 84 valence electrons. The molecule has 0 heterocycles. The van der Waals surface area contributed by atoms with E-state index in [4.69, 9.17) is 17.3 Å². The third-order valence-corrected chi connectivity index (χ3v) is 2.55. The van der Waals surface area contributed by atoms with Crippen molar-refractivity contribution < 1.29 is 13.2 Å². The Morgan fingerprint density at radius 3 is 2.47 bits per heavy atom. The van der Waals surface area contributed by atoms with Crippen LogP contribution in [0.3, 0.4) is 0 Å². The van der Waals surface area contributed by atoms with E-state index in [1.165, 1.54) is 0 Å². The molecule has 0 fully saturated rings. The van der Waals surface area contributed by atoms with Crippen molar-refractivity contribution in [1.29, 1.82) is 0 Å². The highest BCUT2D eigenvalue weighted by Crippen LogP contribution is 2.26. The Kier molecular flexibility index (Phi) is 3.62. The lowest BCUT2D eigenvalue weighted by atomic mass is 10.0. The first kappa shape index (κ1) is 12.3. The number of nitrogens with two attached hydrogens (primary N) is 1. The fraction of sp³-hybridized carbons (Fsp3) is 0.400. The summed E-state index contributed by atoms with van der Waals surface area (Å²) in [6.07, 6.45) is -4.67. The summed E-state index contributed by atoms with van der Waals surface area (Å²) in [5.41, 5.74) is 6.22. The van der Waals surface area contributed by atoms with Crippen LogP contribution >= 0.6 is 11.6 Å². The average molecular weight is 238 g/mol. The van der Waals surface area contributed by atoms with Gasteiger partial charge in [-0.1, -0.05) is 23.7 Å². The second kappa shape index (κ2) is 4.41. The third kappa shape index (κ3) is 3.11. The van der Waals surface area contributed by atoms with E-state index in [0.717, 1.165) is 5.56 Å². The van der Waals surface area contributed by atoms with Crippen LogP contribution in [0, 0.1) is 6.92 Å². The normalized spacial score (nSPS) is 14.0. The average Bonchev–Trinajstić information content (AvgIpc) is 2.09. The minimum absolute atomic E-state index is 0.283. The number of hydrogen-bond acceptors (Lipinski definition) is 1. The lowest BCUT2D eigenvalue weighted by Crippen LogP contribution is -2.39. The van der Waals surface area contributed by atoms with Crippen molar-refractivity contribution in [3.63, 3.8) is 0 Å². The van der Waals surface area contributed by atoms with E-state index in [1.807, 2.05) is 0 Å². The van der Waals surface area contributed by atoms with Crippen molar-refractivity contribution >= 4 is 11.6 Å². The third-order valence-electron chi connectivity index (χ3n) is 2.20. The molecular weight excluding hydrogens is 227 g/mol. The van der Waals surface area contributed by atoms with E-state index in [1.54, 1.807) is 25.1 Å². The summed E-state index contributed by atoms with van der Waals surface area (Å²) in [4.78, 5) is 0. The minimum Gasteiger partial charge on any atom is -0.320 e. The van der Waals surface area contributed by atoms with Crippen LogP contribution in [-0.4, -0.2) is 12.2 Å². The molecule has 1 unspecified atom stereocenters.